The molecule has 0 spiro atoms. The standard InChI is InChI=1S/C14H14F5N3O2S/c1-9-7-13(14(17,18)19)21-22(9)6-2-5-20-25(23,24)12-4-3-10(15)8-11(12)16/h3-4,7-8,20H,2,5-6H2,1H3. The summed E-state index contributed by atoms with van der Waals surface area (Å²) in [5, 5.41) is 3.41. The van der Waals surface area contributed by atoms with E-state index in [0.717, 1.165) is 22.9 Å². The first-order chi connectivity index (χ1) is 11.5. The van der Waals surface area contributed by atoms with Gasteiger partial charge in [0.25, 0.3) is 0 Å². The van der Waals surface area contributed by atoms with Crippen molar-refractivity contribution in [3.8, 4) is 0 Å². The summed E-state index contributed by atoms with van der Waals surface area (Å²) in [6, 6.07) is 2.93. The normalized spacial score (nSPS) is 12.6. The number of sulfonamides is 1. The highest BCUT2D eigenvalue weighted by atomic mass is 32.2. The second-order valence-corrected chi connectivity index (χ2v) is 6.95. The van der Waals surface area contributed by atoms with E-state index in [1.165, 1.54) is 6.92 Å². The smallest absolute Gasteiger partial charge is 0.269 e. The van der Waals surface area contributed by atoms with E-state index in [2.05, 4.69) is 9.82 Å². The lowest BCUT2D eigenvalue weighted by Crippen LogP contribution is -2.26. The molecule has 11 heteroatoms. The zero-order valence-corrected chi connectivity index (χ0v) is 13.8. The van der Waals surface area contributed by atoms with Gasteiger partial charge in [0, 0.05) is 24.8 Å². The van der Waals surface area contributed by atoms with Gasteiger partial charge in [-0.2, -0.15) is 18.3 Å². The number of halogens is 5. The van der Waals surface area contributed by atoms with E-state index in [-0.39, 0.29) is 25.2 Å². The summed E-state index contributed by atoms with van der Waals surface area (Å²) in [6.45, 7) is 1.33. The van der Waals surface area contributed by atoms with Crippen LogP contribution in [0, 0.1) is 18.6 Å². The van der Waals surface area contributed by atoms with Crippen LogP contribution in [-0.4, -0.2) is 24.7 Å². The average Bonchev–Trinajstić information content (AvgIpc) is 2.84. The van der Waals surface area contributed by atoms with Crippen molar-refractivity contribution in [2.24, 2.45) is 0 Å². The molecule has 0 aliphatic heterocycles. The zero-order chi connectivity index (χ0) is 18.8. The summed E-state index contributed by atoms with van der Waals surface area (Å²) in [5.41, 5.74) is -0.751. The van der Waals surface area contributed by atoms with Crippen molar-refractivity contribution < 1.29 is 30.4 Å². The van der Waals surface area contributed by atoms with Gasteiger partial charge in [-0.05, 0) is 31.5 Å². The molecule has 0 saturated heterocycles. The number of nitrogens with zero attached hydrogens (tertiary/aromatic N) is 2. The number of aryl methyl sites for hydroxylation is 2. The molecule has 1 N–H and O–H groups in total. The molecule has 0 aliphatic rings. The van der Waals surface area contributed by atoms with Crippen LogP contribution in [0.3, 0.4) is 0 Å². The second-order valence-electron chi connectivity index (χ2n) is 5.22. The minimum Gasteiger partial charge on any atom is -0.269 e. The molecule has 0 unspecified atom stereocenters. The third-order valence-electron chi connectivity index (χ3n) is 3.29. The fourth-order valence-corrected chi connectivity index (χ4v) is 3.21. The monoisotopic (exact) mass is 383 g/mol. The van der Waals surface area contributed by atoms with Gasteiger partial charge in [0.05, 0.1) is 0 Å². The van der Waals surface area contributed by atoms with Crippen LogP contribution in [0.25, 0.3) is 0 Å². The minimum absolute atomic E-state index is 0.0380. The molecule has 1 aromatic heterocycles. The molecular formula is C14H14F5N3O2S. The molecule has 0 saturated carbocycles. The fourth-order valence-electron chi connectivity index (χ4n) is 2.08. The Balaban J connectivity index is 1.96. The van der Waals surface area contributed by atoms with E-state index in [1.54, 1.807) is 0 Å². The van der Waals surface area contributed by atoms with Crippen molar-refractivity contribution in [1.82, 2.24) is 14.5 Å². The molecular weight excluding hydrogens is 369 g/mol. The third-order valence-corrected chi connectivity index (χ3v) is 4.79. The van der Waals surface area contributed by atoms with E-state index < -0.39 is 38.4 Å². The van der Waals surface area contributed by atoms with Crippen LogP contribution in [0.2, 0.25) is 0 Å². The van der Waals surface area contributed by atoms with Crippen LogP contribution in [0.1, 0.15) is 17.8 Å². The molecule has 0 atom stereocenters. The summed E-state index contributed by atoms with van der Waals surface area (Å²) in [4.78, 5) is -0.705. The molecule has 138 valence electrons. The quantitative estimate of drug-likeness (QED) is 0.616. The maximum Gasteiger partial charge on any atom is 0.435 e. The lowest BCUT2D eigenvalue weighted by Gasteiger charge is -2.08. The zero-order valence-electron chi connectivity index (χ0n) is 12.9. The first kappa shape index (κ1) is 19.3. The highest BCUT2D eigenvalue weighted by molar-refractivity contribution is 7.89. The molecule has 2 rings (SSSR count). The van der Waals surface area contributed by atoms with E-state index in [0.29, 0.717) is 6.07 Å². The molecule has 0 bridgehead atoms. The number of hydrogen-bond acceptors (Lipinski definition) is 3. The fraction of sp³-hybridized carbons (Fsp3) is 0.357. The topological polar surface area (TPSA) is 64.0 Å². The van der Waals surface area contributed by atoms with Crippen LogP contribution in [0.15, 0.2) is 29.2 Å². The number of hydrogen-bond donors (Lipinski definition) is 1. The van der Waals surface area contributed by atoms with Crippen molar-refractivity contribution in [1.29, 1.82) is 0 Å². The van der Waals surface area contributed by atoms with Crippen molar-refractivity contribution in [3.05, 3.63) is 47.3 Å². The van der Waals surface area contributed by atoms with Crippen molar-refractivity contribution in [2.45, 2.75) is 31.0 Å². The number of aromatic nitrogens is 2. The summed E-state index contributed by atoms with van der Waals surface area (Å²) in [6.07, 6.45) is -4.43. The molecule has 0 amide bonds. The van der Waals surface area contributed by atoms with Gasteiger partial charge >= 0.3 is 6.18 Å². The van der Waals surface area contributed by atoms with Crippen LogP contribution in [0.5, 0.6) is 0 Å². The summed E-state index contributed by atoms with van der Waals surface area (Å²) < 4.78 is 91.0. The first-order valence-corrected chi connectivity index (χ1v) is 8.55. The van der Waals surface area contributed by atoms with Crippen molar-refractivity contribution in [2.75, 3.05) is 6.54 Å². The van der Waals surface area contributed by atoms with E-state index in [4.69, 9.17) is 0 Å². The Bertz CT molecular complexity index is 862. The van der Waals surface area contributed by atoms with Gasteiger partial charge in [0.1, 0.15) is 16.5 Å². The van der Waals surface area contributed by atoms with Crippen LogP contribution in [-0.2, 0) is 22.7 Å². The molecule has 0 fully saturated rings. The molecule has 0 radical (unpaired) electrons. The highest BCUT2D eigenvalue weighted by Crippen LogP contribution is 2.28. The first-order valence-electron chi connectivity index (χ1n) is 7.07. The van der Waals surface area contributed by atoms with Gasteiger partial charge in [0.2, 0.25) is 10.0 Å². The summed E-state index contributed by atoms with van der Waals surface area (Å²) in [7, 11) is -4.19. The largest absolute Gasteiger partial charge is 0.435 e. The van der Waals surface area contributed by atoms with Crippen LogP contribution in [0.4, 0.5) is 22.0 Å². The second kappa shape index (κ2) is 7.08. The Morgan fingerprint density at radius 3 is 2.44 bits per heavy atom. The SMILES string of the molecule is Cc1cc(C(F)(F)F)nn1CCCNS(=O)(=O)c1ccc(F)cc1F. The highest BCUT2D eigenvalue weighted by Gasteiger charge is 2.34. The van der Waals surface area contributed by atoms with Crippen molar-refractivity contribution in [3.63, 3.8) is 0 Å². The molecule has 1 heterocycles. The van der Waals surface area contributed by atoms with E-state index in [9.17, 15) is 30.4 Å². The predicted molar refractivity (Wildman–Crippen MR) is 78.1 cm³/mol. The van der Waals surface area contributed by atoms with Gasteiger partial charge < -0.3 is 0 Å². The number of rotatable bonds is 6. The van der Waals surface area contributed by atoms with Gasteiger partial charge in [-0.3, -0.25) is 4.68 Å². The Labute approximate surface area is 140 Å². The van der Waals surface area contributed by atoms with Gasteiger partial charge in [0.15, 0.2) is 5.69 Å². The average molecular weight is 383 g/mol. The Hall–Kier alpha value is -2.01. The Kier molecular flexibility index (Phi) is 5.47. The van der Waals surface area contributed by atoms with E-state index >= 15 is 0 Å². The lowest BCUT2D eigenvalue weighted by atomic mass is 10.3. The summed E-state index contributed by atoms with van der Waals surface area (Å²) in [5.74, 6) is -2.14. The predicted octanol–water partition coefficient (Wildman–Crippen LogP) is 2.86. The molecule has 2 aromatic rings. The molecule has 0 aliphatic carbocycles. The minimum atomic E-state index is -4.56. The molecule has 1 aromatic carbocycles. The number of nitrogens with one attached hydrogen (secondary N) is 1. The van der Waals surface area contributed by atoms with Gasteiger partial charge in [-0.1, -0.05) is 0 Å². The summed E-state index contributed by atoms with van der Waals surface area (Å²) >= 11 is 0. The van der Waals surface area contributed by atoms with E-state index in [1.807, 2.05) is 0 Å². The lowest BCUT2D eigenvalue weighted by molar-refractivity contribution is -0.141. The third kappa shape index (κ3) is 4.75. The molecule has 25 heavy (non-hydrogen) atoms. The van der Waals surface area contributed by atoms with Crippen LogP contribution >= 0.6 is 0 Å². The maximum absolute atomic E-state index is 13.5. The Morgan fingerprint density at radius 1 is 1.20 bits per heavy atom. The van der Waals surface area contributed by atoms with Gasteiger partial charge in [-0.25, -0.2) is 21.9 Å². The van der Waals surface area contributed by atoms with Crippen LogP contribution < -0.4 is 4.72 Å². The maximum atomic E-state index is 13.5. The Morgan fingerprint density at radius 2 is 1.88 bits per heavy atom. The van der Waals surface area contributed by atoms with Crippen molar-refractivity contribution >= 4 is 10.0 Å². The molecule has 5 nitrogen and oxygen atoms in total. The number of benzene rings is 1. The van der Waals surface area contributed by atoms with Gasteiger partial charge in [-0.15, -0.1) is 0 Å². The number of alkyl halides is 3.